The molecule has 0 aliphatic carbocycles. The number of esters is 1. The van der Waals surface area contributed by atoms with Crippen molar-refractivity contribution in [2.24, 2.45) is 0 Å². The molecule has 0 aromatic carbocycles. The van der Waals surface area contributed by atoms with Gasteiger partial charge in [-0.15, -0.1) is 0 Å². The summed E-state index contributed by atoms with van der Waals surface area (Å²) in [6, 6.07) is 0. The number of carbonyl (C=O) groups is 1. The molecular formula is C11H15BrN2O3S. The highest BCUT2D eigenvalue weighted by atomic mass is 79.9. The van der Waals surface area contributed by atoms with Crippen LogP contribution in [0.4, 0.5) is 5.13 Å². The molecule has 1 fully saturated rings. The molecule has 1 aromatic rings. The molecule has 1 saturated heterocycles. The average Bonchev–Trinajstić information content (AvgIpc) is 2.72. The fourth-order valence-corrected chi connectivity index (χ4v) is 3.20. The van der Waals surface area contributed by atoms with Gasteiger partial charge in [-0.05, 0) is 22.9 Å². The maximum absolute atomic E-state index is 11.4. The van der Waals surface area contributed by atoms with Crippen LogP contribution in [-0.4, -0.2) is 43.9 Å². The van der Waals surface area contributed by atoms with E-state index in [4.69, 9.17) is 9.47 Å². The van der Waals surface area contributed by atoms with Crippen LogP contribution in [-0.2, 0) is 20.7 Å². The van der Waals surface area contributed by atoms with Crippen molar-refractivity contribution in [3.05, 3.63) is 9.48 Å². The quantitative estimate of drug-likeness (QED) is 0.786. The first-order chi connectivity index (χ1) is 8.70. The van der Waals surface area contributed by atoms with Crippen LogP contribution in [0.25, 0.3) is 0 Å². The molecule has 7 heteroatoms. The third-order valence-electron chi connectivity index (χ3n) is 2.54. The Morgan fingerprint density at radius 2 is 2.28 bits per heavy atom. The summed E-state index contributed by atoms with van der Waals surface area (Å²) in [5.74, 6) is -0.239. The number of thiazole rings is 1. The minimum atomic E-state index is -0.239. The third kappa shape index (κ3) is 3.43. The van der Waals surface area contributed by atoms with Gasteiger partial charge in [-0.1, -0.05) is 11.3 Å². The summed E-state index contributed by atoms with van der Waals surface area (Å²) in [5.41, 5.74) is 0.750. The van der Waals surface area contributed by atoms with Gasteiger partial charge in [-0.3, -0.25) is 4.79 Å². The van der Waals surface area contributed by atoms with Crippen LogP contribution in [0.1, 0.15) is 12.6 Å². The largest absolute Gasteiger partial charge is 0.466 e. The van der Waals surface area contributed by atoms with Crippen molar-refractivity contribution in [2.75, 3.05) is 37.8 Å². The van der Waals surface area contributed by atoms with E-state index in [1.165, 1.54) is 0 Å². The molecule has 0 bridgehead atoms. The number of nitrogens with zero attached hydrogens (tertiary/aromatic N) is 2. The summed E-state index contributed by atoms with van der Waals surface area (Å²) in [5, 5.41) is 0.935. The van der Waals surface area contributed by atoms with E-state index in [0.29, 0.717) is 6.61 Å². The Morgan fingerprint density at radius 3 is 2.94 bits per heavy atom. The number of hydrogen-bond acceptors (Lipinski definition) is 6. The van der Waals surface area contributed by atoms with Gasteiger partial charge in [0.25, 0.3) is 0 Å². The molecule has 0 atom stereocenters. The van der Waals surface area contributed by atoms with Gasteiger partial charge in [-0.2, -0.15) is 0 Å². The van der Waals surface area contributed by atoms with E-state index in [0.717, 1.165) is 40.9 Å². The lowest BCUT2D eigenvalue weighted by Gasteiger charge is -2.25. The Hall–Kier alpha value is -0.660. The van der Waals surface area contributed by atoms with Crippen molar-refractivity contribution in [3.8, 4) is 0 Å². The van der Waals surface area contributed by atoms with Crippen molar-refractivity contribution in [2.45, 2.75) is 13.3 Å². The summed E-state index contributed by atoms with van der Waals surface area (Å²) < 4.78 is 11.1. The fraction of sp³-hybridized carbons (Fsp3) is 0.636. The number of halogens is 1. The molecule has 5 nitrogen and oxygen atoms in total. The predicted octanol–water partition coefficient (Wildman–Crippen LogP) is 1.85. The second-order valence-electron chi connectivity index (χ2n) is 3.80. The second-order valence-corrected chi connectivity index (χ2v) is 6.09. The Morgan fingerprint density at radius 1 is 1.56 bits per heavy atom. The normalized spacial score (nSPS) is 15.8. The topological polar surface area (TPSA) is 51.7 Å². The Kier molecular flexibility index (Phi) is 4.96. The van der Waals surface area contributed by atoms with Gasteiger partial charge < -0.3 is 14.4 Å². The fourth-order valence-electron chi connectivity index (χ4n) is 1.67. The molecule has 1 aromatic heterocycles. The summed E-state index contributed by atoms with van der Waals surface area (Å²) in [6.45, 7) is 5.34. The van der Waals surface area contributed by atoms with Gasteiger partial charge in [0, 0.05) is 13.1 Å². The van der Waals surface area contributed by atoms with Crippen molar-refractivity contribution < 1.29 is 14.3 Å². The number of morpholine rings is 1. The number of aromatic nitrogens is 1. The maximum atomic E-state index is 11.4. The number of anilines is 1. The van der Waals surface area contributed by atoms with E-state index in [1.54, 1.807) is 18.3 Å². The SMILES string of the molecule is CCOC(=O)Cc1nc(N2CCOCC2)sc1Br. The molecule has 1 aliphatic rings. The van der Waals surface area contributed by atoms with Gasteiger partial charge in [0.05, 0.1) is 35.7 Å². The molecule has 0 unspecified atom stereocenters. The van der Waals surface area contributed by atoms with Gasteiger partial charge in [-0.25, -0.2) is 4.98 Å². The molecule has 0 spiro atoms. The van der Waals surface area contributed by atoms with Gasteiger partial charge in [0.15, 0.2) is 5.13 Å². The van der Waals surface area contributed by atoms with Crippen molar-refractivity contribution in [3.63, 3.8) is 0 Å². The molecular weight excluding hydrogens is 320 g/mol. The molecule has 100 valence electrons. The van der Waals surface area contributed by atoms with E-state index in [1.807, 2.05) is 0 Å². The average molecular weight is 335 g/mol. The zero-order chi connectivity index (χ0) is 13.0. The van der Waals surface area contributed by atoms with Gasteiger partial charge in [0.2, 0.25) is 0 Å². The van der Waals surface area contributed by atoms with Crippen LogP contribution in [0, 0.1) is 0 Å². The van der Waals surface area contributed by atoms with Gasteiger partial charge in [0.1, 0.15) is 0 Å². The van der Waals surface area contributed by atoms with Crippen LogP contribution in [0.5, 0.6) is 0 Å². The van der Waals surface area contributed by atoms with Crippen molar-refractivity contribution in [1.29, 1.82) is 0 Å². The van der Waals surface area contributed by atoms with E-state index in [9.17, 15) is 4.79 Å². The summed E-state index contributed by atoms with van der Waals surface area (Å²) in [6.07, 6.45) is 0.218. The Balaban J connectivity index is 2.03. The molecule has 18 heavy (non-hydrogen) atoms. The number of rotatable bonds is 4. The van der Waals surface area contributed by atoms with Crippen LogP contribution in [0.15, 0.2) is 3.79 Å². The summed E-state index contributed by atoms with van der Waals surface area (Å²) in [4.78, 5) is 18.1. The first kappa shape index (κ1) is 13.8. The highest BCUT2D eigenvalue weighted by molar-refractivity contribution is 9.11. The van der Waals surface area contributed by atoms with E-state index in [2.05, 4.69) is 25.8 Å². The molecule has 2 heterocycles. The first-order valence-electron chi connectivity index (χ1n) is 5.84. The first-order valence-corrected chi connectivity index (χ1v) is 7.45. The van der Waals surface area contributed by atoms with Crippen LogP contribution in [0.3, 0.4) is 0 Å². The smallest absolute Gasteiger partial charge is 0.311 e. The maximum Gasteiger partial charge on any atom is 0.311 e. The van der Waals surface area contributed by atoms with E-state index < -0.39 is 0 Å². The van der Waals surface area contributed by atoms with Crippen molar-refractivity contribution >= 4 is 38.4 Å². The van der Waals surface area contributed by atoms with Crippen LogP contribution in [0.2, 0.25) is 0 Å². The second kappa shape index (κ2) is 6.49. The Bertz CT molecular complexity index is 418. The monoisotopic (exact) mass is 334 g/mol. The lowest BCUT2D eigenvalue weighted by molar-refractivity contribution is -0.142. The molecule has 0 radical (unpaired) electrons. The highest BCUT2D eigenvalue weighted by Crippen LogP contribution is 2.31. The van der Waals surface area contributed by atoms with E-state index >= 15 is 0 Å². The van der Waals surface area contributed by atoms with Crippen LogP contribution < -0.4 is 4.90 Å². The lowest BCUT2D eigenvalue weighted by atomic mass is 10.3. The number of carbonyl (C=O) groups excluding carboxylic acids is 1. The van der Waals surface area contributed by atoms with Crippen LogP contribution >= 0.6 is 27.3 Å². The molecule has 0 amide bonds. The summed E-state index contributed by atoms with van der Waals surface area (Å²) in [7, 11) is 0. The Labute approximate surface area is 118 Å². The predicted molar refractivity (Wildman–Crippen MR) is 73.2 cm³/mol. The van der Waals surface area contributed by atoms with E-state index in [-0.39, 0.29) is 12.4 Å². The summed E-state index contributed by atoms with van der Waals surface area (Å²) >= 11 is 5.00. The number of ether oxygens (including phenoxy) is 2. The minimum absolute atomic E-state index is 0.218. The zero-order valence-corrected chi connectivity index (χ0v) is 12.6. The zero-order valence-electron chi connectivity index (χ0n) is 10.1. The molecule has 2 rings (SSSR count). The van der Waals surface area contributed by atoms with Crippen molar-refractivity contribution in [1.82, 2.24) is 4.98 Å². The number of hydrogen-bond donors (Lipinski definition) is 0. The standard InChI is InChI=1S/C11H15BrN2O3S/c1-2-17-9(15)7-8-10(12)18-11(13-8)14-3-5-16-6-4-14/h2-7H2,1H3. The lowest BCUT2D eigenvalue weighted by Crippen LogP contribution is -2.36. The minimum Gasteiger partial charge on any atom is -0.466 e. The molecule has 1 aliphatic heterocycles. The molecule has 0 N–H and O–H groups in total. The molecule has 0 saturated carbocycles. The van der Waals surface area contributed by atoms with Gasteiger partial charge >= 0.3 is 5.97 Å². The highest BCUT2D eigenvalue weighted by Gasteiger charge is 2.19. The third-order valence-corrected chi connectivity index (χ3v) is 4.43.